The minimum absolute atomic E-state index is 0.318. The highest BCUT2D eigenvalue weighted by atomic mass is 15.1. The van der Waals surface area contributed by atoms with Gasteiger partial charge in [-0.2, -0.15) is 0 Å². The largest absolute Gasteiger partial charge is 0.305 e. The second-order valence-electron chi connectivity index (χ2n) is 8.47. The van der Waals surface area contributed by atoms with Crippen molar-refractivity contribution in [1.29, 1.82) is 0 Å². The number of benzene rings is 1. The molecule has 0 fully saturated rings. The minimum atomic E-state index is 0.318. The number of pyridine rings is 1. The van der Waals surface area contributed by atoms with Crippen molar-refractivity contribution < 1.29 is 0 Å². The molecule has 0 amide bonds. The van der Waals surface area contributed by atoms with Crippen LogP contribution in [-0.2, 0) is 13.0 Å². The van der Waals surface area contributed by atoms with Gasteiger partial charge >= 0.3 is 0 Å². The summed E-state index contributed by atoms with van der Waals surface area (Å²) in [5.41, 5.74) is 7.49. The fraction of sp³-hybridized carbons (Fsp3) is 0.346. The van der Waals surface area contributed by atoms with E-state index in [0.717, 1.165) is 53.5 Å². The van der Waals surface area contributed by atoms with Gasteiger partial charge in [-0.05, 0) is 56.3 Å². The Labute approximate surface area is 184 Å². The second-order valence-corrected chi connectivity index (χ2v) is 8.47. The van der Waals surface area contributed by atoms with E-state index >= 15 is 0 Å². The van der Waals surface area contributed by atoms with Crippen LogP contribution in [-0.4, -0.2) is 38.3 Å². The number of hydrogen-bond acceptors (Lipinski definition) is 4. The maximum absolute atomic E-state index is 5.06. The van der Waals surface area contributed by atoms with Crippen LogP contribution in [0.15, 0.2) is 54.9 Å². The fourth-order valence-electron chi connectivity index (χ4n) is 3.82. The van der Waals surface area contributed by atoms with Gasteiger partial charge in [0.15, 0.2) is 0 Å². The fourth-order valence-corrected chi connectivity index (χ4v) is 3.82. The molecular formula is C26H31N5. The molecule has 4 rings (SSSR count). The molecule has 0 radical (unpaired) electrons. The summed E-state index contributed by atoms with van der Waals surface area (Å²) in [6.07, 6.45) is 6.02. The van der Waals surface area contributed by atoms with Crippen LogP contribution in [0.3, 0.4) is 0 Å². The molecule has 0 saturated carbocycles. The molecule has 0 spiro atoms. The predicted molar refractivity (Wildman–Crippen MR) is 127 cm³/mol. The van der Waals surface area contributed by atoms with Crippen molar-refractivity contribution in [2.75, 3.05) is 14.1 Å². The van der Waals surface area contributed by atoms with E-state index in [-0.39, 0.29) is 0 Å². The van der Waals surface area contributed by atoms with Crippen molar-refractivity contribution in [2.45, 2.75) is 46.1 Å². The first-order valence-corrected chi connectivity index (χ1v) is 11.1. The standard InChI is InChI=1S/C26H31N5/c1-6-18(3)26-27-14-12-22(28-26)25-24(21-10-8-19(7-2)9-11-21)29-23-16-20(17-30(4)5)13-15-31(23)25/h8-16,18H,6-7,17H2,1-5H3. The molecule has 0 aliphatic rings. The van der Waals surface area contributed by atoms with Crippen molar-refractivity contribution in [1.82, 2.24) is 24.3 Å². The van der Waals surface area contributed by atoms with E-state index in [2.05, 4.69) is 91.7 Å². The predicted octanol–water partition coefficient (Wildman–Crippen LogP) is 5.60. The first-order chi connectivity index (χ1) is 15.0. The first-order valence-electron chi connectivity index (χ1n) is 11.1. The van der Waals surface area contributed by atoms with Gasteiger partial charge in [-0.3, -0.25) is 4.40 Å². The van der Waals surface area contributed by atoms with Gasteiger partial charge in [0.2, 0.25) is 0 Å². The third-order valence-corrected chi connectivity index (χ3v) is 5.79. The number of aromatic nitrogens is 4. The van der Waals surface area contributed by atoms with Gasteiger partial charge in [-0.25, -0.2) is 15.0 Å². The summed E-state index contributed by atoms with van der Waals surface area (Å²) in [5.74, 6) is 1.20. The zero-order valence-corrected chi connectivity index (χ0v) is 19.1. The Balaban J connectivity index is 1.92. The van der Waals surface area contributed by atoms with Gasteiger partial charge in [0.1, 0.15) is 11.5 Å². The molecule has 3 heterocycles. The van der Waals surface area contributed by atoms with E-state index < -0.39 is 0 Å². The van der Waals surface area contributed by atoms with Gasteiger partial charge < -0.3 is 4.90 Å². The highest BCUT2D eigenvalue weighted by Crippen LogP contribution is 2.33. The van der Waals surface area contributed by atoms with Crippen LogP contribution in [0.4, 0.5) is 0 Å². The lowest BCUT2D eigenvalue weighted by molar-refractivity contribution is 0.402. The lowest BCUT2D eigenvalue weighted by atomic mass is 10.0. The van der Waals surface area contributed by atoms with Crippen molar-refractivity contribution in [2.24, 2.45) is 0 Å². The maximum Gasteiger partial charge on any atom is 0.138 e. The molecule has 3 aromatic heterocycles. The van der Waals surface area contributed by atoms with Crippen LogP contribution in [0.5, 0.6) is 0 Å². The molecule has 1 aromatic carbocycles. The molecule has 0 bridgehead atoms. The molecule has 160 valence electrons. The summed E-state index contributed by atoms with van der Waals surface area (Å²) in [6.45, 7) is 7.40. The number of rotatable bonds is 7. The van der Waals surface area contributed by atoms with E-state index in [9.17, 15) is 0 Å². The zero-order valence-electron chi connectivity index (χ0n) is 19.1. The number of imidazole rings is 1. The zero-order chi connectivity index (χ0) is 22.0. The Kier molecular flexibility index (Phi) is 6.14. The van der Waals surface area contributed by atoms with Crippen molar-refractivity contribution in [3.8, 4) is 22.6 Å². The van der Waals surface area contributed by atoms with Crippen LogP contribution >= 0.6 is 0 Å². The van der Waals surface area contributed by atoms with Gasteiger partial charge in [-0.15, -0.1) is 0 Å². The van der Waals surface area contributed by atoms with Crippen LogP contribution in [0.2, 0.25) is 0 Å². The molecule has 0 N–H and O–H groups in total. The van der Waals surface area contributed by atoms with E-state index in [1.807, 2.05) is 12.3 Å². The van der Waals surface area contributed by atoms with E-state index in [1.54, 1.807) is 0 Å². The van der Waals surface area contributed by atoms with E-state index in [1.165, 1.54) is 11.1 Å². The molecule has 1 atom stereocenters. The van der Waals surface area contributed by atoms with Crippen molar-refractivity contribution in [3.05, 3.63) is 71.8 Å². The maximum atomic E-state index is 5.06. The summed E-state index contributed by atoms with van der Waals surface area (Å²) in [4.78, 5) is 16.7. The average Bonchev–Trinajstić information content (AvgIpc) is 3.17. The van der Waals surface area contributed by atoms with Crippen molar-refractivity contribution in [3.63, 3.8) is 0 Å². The molecule has 5 nitrogen and oxygen atoms in total. The number of hydrogen-bond donors (Lipinski definition) is 0. The van der Waals surface area contributed by atoms with Crippen LogP contribution in [0, 0.1) is 0 Å². The van der Waals surface area contributed by atoms with Gasteiger partial charge in [-0.1, -0.05) is 45.0 Å². The molecule has 4 aromatic rings. The molecule has 1 unspecified atom stereocenters. The number of nitrogens with zero attached hydrogens (tertiary/aromatic N) is 5. The smallest absolute Gasteiger partial charge is 0.138 e. The van der Waals surface area contributed by atoms with Gasteiger partial charge in [0, 0.05) is 30.4 Å². The Morgan fingerprint density at radius 2 is 1.74 bits per heavy atom. The Hall–Kier alpha value is -3.05. The van der Waals surface area contributed by atoms with Gasteiger partial charge in [0.05, 0.1) is 17.1 Å². The summed E-state index contributed by atoms with van der Waals surface area (Å²) in [6, 6.07) is 15.0. The second kappa shape index (κ2) is 8.98. The average molecular weight is 414 g/mol. The van der Waals surface area contributed by atoms with Crippen LogP contribution < -0.4 is 0 Å². The summed E-state index contributed by atoms with van der Waals surface area (Å²) in [5, 5.41) is 0. The molecule has 0 aliphatic heterocycles. The normalized spacial score (nSPS) is 12.6. The summed E-state index contributed by atoms with van der Waals surface area (Å²) in [7, 11) is 4.17. The minimum Gasteiger partial charge on any atom is -0.305 e. The molecule has 31 heavy (non-hydrogen) atoms. The lowest BCUT2D eigenvalue weighted by Crippen LogP contribution is -2.10. The van der Waals surface area contributed by atoms with Crippen LogP contribution in [0.25, 0.3) is 28.3 Å². The SMILES string of the molecule is CCc1ccc(-c2nc3cc(CN(C)C)ccn3c2-c2ccnc(C(C)CC)n2)cc1. The van der Waals surface area contributed by atoms with Gasteiger partial charge in [0.25, 0.3) is 0 Å². The quantitative estimate of drug-likeness (QED) is 0.396. The third kappa shape index (κ3) is 4.37. The first kappa shape index (κ1) is 21.2. The lowest BCUT2D eigenvalue weighted by Gasteiger charge is -2.11. The highest BCUT2D eigenvalue weighted by molar-refractivity contribution is 5.80. The van der Waals surface area contributed by atoms with E-state index in [4.69, 9.17) is 9.97 Å². The summed E-state index contributed by atoms with van der Waals surface area (Å²) >= 11 is 0. The Morgan fingerprint density at radius 1 is 0.968 bits per heavy atom. The van der Waals surface area contributed by atoms with Crippen LogP contribution in [0.1, 0.15) is 50.1 Å². The molecular weight excluding hydrogens is 382 g/mol. The van der Waals surface area contributed by atoms with Crippen molar-refractivity contribution >= 4 is 5.65 Å². The topological polar surface area (TPSA) is 46.3 Å². The summed E-state index contributed by atoms with van der Waals surface area (Å²) < 4.78 is 2.16. The molecule has 0 aliphatic carbocycles. The molecule has 0 saturated heterocycles. The highest BCUT2D eigenvalue weighted by Gasteiger charge is 2.19. The number of fused-ring (bicyclic) bond motifs is 1. The van der Waals surface area contributed by atoms with E-state index in [0.29, 0.717) is 5.92 Å². The number of aryl methyl sites for hydroxylation is 1. The Morgan fingerprint density at radius 3 is 2.42 bits per heavy atom. The molecule has 5 heteroatoms. The monoisotopic (exact) mass is 413 g/mol. The third-order valence-electron chi connectivity index (χ3n) is 5.79. The Bertz CT molecular complexity index is 1170.